The minimum atomic E-state index is -0.431. The topological polar surface area (TPSA) is 108 Å². The van der Waals surface area contributed by atoms with E-state index in [-0.39, 0.29) is 27.7 Å². The second kappa shape index (κ2) is 10.9. The molecule has 1 aromatic carbocycles. The van der Waals surface area contributed by atoms with E-state index in [1.165, 1.54) is 0 Å². The van der Waals surface area contributed by atoms with Gasteiger partial charge in [0.15, 0.2) is 0 Å². The fourth-order valence-corrected chi connectivity index (χ4v) is 5.01. The van der Waals surface area contributed by atoms with Crippen molar-refractivity contribution in [3.05, 3.63) is 34.3 Å². The third-order valence-electron chi connectivity index (χ3n) is 6.34. The van der Waals surface area contributed by atoms with Gasteiger partial charge >= 0.3 is 0 Å². The maximum Gasteiger partial charge on any atom is 0.286 e. The molecule has 1 N–H and O–H groups in total. The Kier molecular flexibility index (Phi) is 7.73. The maximum atomic E-state index is 13.0. The minimum absolute atomic E-state index is 0.109. The number of aromatic nitrogens is 2. The van der Waals surface area contributed by atoms with Crippen LogP contribution in [0.5, 0.6) is 5.75 Å². The zero-order chi connectivity index (χ0) is 24.1. The summed E-state index contributed by atoms with van der Waals surface area (Å²) < 4.78 is 5.11. The predicted molar refractivity (Wildman–Crippen MR) is 128 cm³/mol. The van der Waals surface area contributed by atoms with Gasteiger partial charge in [-0.2, -0.15) is 0 Å². The molecule has 0 saturated carbocycles. The van der Waals surface area contributed by atoms with E-state index in [0.717, 1.165) is 56.9 Å². The van der Waals surface area contributed by atoms with Crippen LogP contribution < -0.4 is 10.1 Å². The van der Waals surface area contributed by atoms with Crippen LogP contribution in [0.25, 0.3) is 0 Å². The van der Waals surface area contributed by atoms with Crippen molar-refractivity contribution < 1.29 is 19.1 Å². The second-order valence-corrected chi connectivity index (χ2v) is 9.42. The number of carbonyl (C=O) groups is 3. The second-order valence-electron chi connectivity index (χ2n) is 8.44. The molecular weight excluding hydrogens is 456 g/mol. The van der Waals surface area contributed by atoms with Gasteiger partial charge in [-0.3, -0.25) is 14.4 Å². The summed E-state index contributed by atoms with van der Waals surface area (Å²) in [5.74, 6) is -0.0982. The van der Waals surface area contributed by atoms with Crippen LogP contribution in [0.15, 0.2) is 24.3 Å². The molecule has 10 nitrogen and oxygen atoms in total. The maximum absolute atomic E-state index is 13.0. The van der Waals surface area contributed by atoms with E-state index in [9.17, 15) is 14.4 Å². The fourth-order valence-electron chi connectivity index (χ4n) is 4.30. The Labute approximate surface area is 202 Å². The number of hydrogen-bond donors (Lipinski definition) is 1. The van der Waals surface area contributed by atoms with Gasteiger partial charge in [-0.05, 0) is 43.7 Å². The van der Waals surface area contributed by atoms with Crippen molar-refractivity contribution in [1.82, 2.24) is 24.9 Å². The Balaban J connectivity index is 1.34. The average molecular weight is 487 g/mol. The molecule has 2 aliphatic rings. The smallest absolute Gasteiger partial charge is 0.286 e. The van der Waals surface area contributed by atoms with E-state index in [4.69, 9.17) is 4.74 Å². The summed E-state index contributed by atoms with van der Waals surface area (Å²) in [6.45, 7) is 7.32. The van der Waals surface area contributed by atoms with Crippen molar-refractivity contribution >= 4 is 34.7 Å². The molecule has 3 heterocycles. The number of ether oxygens (including phenoxy) is 1. The Bertz CT molecular complexity index is 1020. The first-order valence-electron chi connectivity index (χ1n) is 11.6. The van der Waals surface area contributed by atoms with E-state index >= 15 is 0 Å². The van der Waals surface area contributed by atoms with E-state index in [2.05, 4.69) is 27.3 Å². The van der Waals surface area contributed by atoms with Crippen LogP contribution in [0.4, 0.5) is 5.69 Å². The molecule has 182 valence electrons. The van der Waals surface area contributed by atoms with Crippen LogP contribution in [0.1, 0.15) is 39.4 Å². The number of benzene rings is 1. The number of amides is 3. The predicted octanol–water partition coefficient (Wildman–Crippen LogP) is 1.82. The molecule has 2 saturated heterocycles. The van der Waals surface area contributed by atoms with Gasteiger partial charge in [-0.15, -0.1) is 10.2 Å². The summed E-state index contributed by atoms with van der Waals surface area (Å²) in [5, 5.41) is 10.9. The Morgan fingerprint density at radius 2 is 1.74 bits per heavy atom. The number of hydrogen-bond acceptors (Lipinski definition) is 8. The lowest BCUT2D eigenvalue weighted by molar-refractivity contribution is -0.138. The highest BCUT2D eigenvalue weighted by atomic mass is 32.1. The van der Waals surface area contributed by atoms with E-state index < -0.39 is 5.91 Å². The number of nitrogens with one attached hydrogen (secondary N) is 1. The molecule has 0 aliphatic carbocycles. The van der Waals surface area contributed by atoms with Gasteiger partial charge in [0, 0.05) is 45.0 Å². The van der Waals surface area contributed by atoms with Crippen molar-refractivity contribution in [2.24, 2.45) is 5.92 Å². The Morgan fingerprint density at radius 1 is 1.03 bits per heavy atom. The first-order valence-corrected chi connectivity index (χ1v) is 12.4. The van der Waals surface area contributed by atoms with Crippen LogP contribution in [0.2, 0.25) is 0 Å². The molecule has 0 radical (unpaired) electrons. The molecule has 0 spiro atoms. The summed E-state index contributed by atoms with van der Waals surface area (Å²) in [6, 6.07) is 6.92. The molecule has 1 aromatic heterocycles. The number of likely N-dealkylation sites (N-methyl/N-ethyl adjacent to an activating group) is 1. The summed E-state index contributed by atoms with van der Waals surface area (Å²) in [7, 11) is 1.57. The Morgan fingerprint density at radius 3 is 2.41 bits per heavy atom. The number of rotatable bonds is 6. The van der Waals surface area contributed by atoms with Gasteiger partial charge in [0.1, 0.15) is 5.75 Å². The zero-order valence-electron chi connectivity index (χ0n) is 19.5. The number of anilines is 1. The summed E-state index contributed by atoms with van der Waals surface area (Å²) in [5.41, 5.74) is 0.589. The van der Waals surface area contributed by atoms with E-state index in [1.54, 1.807) is 36.3 Å². The number of nitrogens with zero attached hydrogens (tertiary/aromatic N) is 5. The van der Waals surface area contributed by atoms with Crippen LogP contribution in [0.3, 0.4) is 0 Å². The van der Waals surface area contributed by atoms with Crippen LogP contribution in [0, 0.1) is 5.92 Å². The summed E-state index contributed by atoms with van der Waals surface area (Å²) in [6.07, 6.45) is 1.54. The van der Waals surface area contributed by atoms with Gasteiger partial charge in [0.2, 0.25) is 15.9 Å². The largest absolute Gasteiger partial charge is 0.497 e. The molecule has 1 atom stereocenters. The number of piperidine rings is 1. The molecule has 2 aromatic rings. The van der Waals surface area contributed by atoms with Crippen molar-refractivity contribution in [1.29, 1.82) is 0 Å². The van der Waals surface area contributed by atoms with Crippen molar-refractivity contribution in [2.45, 2.75) is 19.8 Å². The molecule has 2 aliphatic heterocycles. The third-order valence-corrected chi connectivity index (χ3v) is 7.25. The number of piperazine rings is 1. The summed E-state index contributed by atoms with van der Waals surface area (Å²) >= 11 is 0.959. The molecule has 4 rings (SSSR count). The quantitative estimate of drug-likeness (QED) is 0.664. The number of likely N-dealkylation sites (tertiary alicyclic amines) is 1. The Hall–Kier alpha value is -3.05. The van der Waals surface area contributed by atoms with Crippen LogP contribution in [-0.2, 0) is 4.79 Å². The molecule has 0 bridgehead atoms. The highest BCUT2D eigenvalue weighted by Crippen LogP contribution is 2.23. The van der Waals surface area contributed by atoms with Crippen molar-refractivity contribution in [2.75, 3.05) is 58.2 Å². The first kappa shape index (κ1) is 24.1. The molecule has 0 unspecified atom stereocenters. The van der Waals surface area contributed by atoms with Gasteiger partial charge in [0.05, 0.1) is 13.0 Å². The lowest BCUT2D eigenvalue weighted by Crippen LogP contribution is -2.52. The van der Waals surface area contributed by atoms with Gasteiger partial charge in [-0.1, -0.05) is 18.3 Å². The van der Waals surface area contributed by atoms with Crippen LogP contribution in [-0.4, -0.2) is 95.5 Å². The van der Waals surface area contributed by atoms with Gasteiger partial charge in [0.25, 0.3) is 11.8 Å². The monoisotopic (exact) mass is 486 g/mol. The SMILES string of the molecule is CCN1CCN(C(=O)[C@@H]2CCCN(C(=O)c3nnc(C(=O)Nc4ccc(OC)cc4)s3)C2)CC1. The van der Waals surface area contributed by atoms with E-state index in [0.29, 0.717) is 24.5 Å². The molecular formula is C23H30N6O4S. The van der Waals surface area contributed by atoms with Gasteiger partial charge < -0.3 is 24.8 Å². The van der Waals surface area contributed by atoms with Crippen LogP contribution >= 0.6 is 11.3 Å². The average Bonchev–Trinajstić information content (AvgIpc) is 3.39. The number of carbonyl (C=O) groups excluding carboxylic acids is 3. The standard InChI is InChI=1S/C23H30N6O4S/c1-3-27-11-13-28(14-12-27)22(31)16-5-4-10-29(15-16)23(32)21-26-25-20(34-21)19(30)24-17-6-8-18(33-2)9-7-17/h6-9,16H,3-5,10-15H2,1-2H3,(H,24,30)/t16-/m1/s1. The van der Waals surface area contributed by atoms with Crippen molar-refractivity contribution in [3.8, 4) is 5.75 Å². The highest BCUT2D eigenvalue weighted by Gasteiger charge is 2.34. The fraction of sp³-hybridized carbons (Fsp3) is 0.522. The normalized spacial score (nSPS) is 19.1. The zero-order valence-corrected chi connectivity index (χ0v) is 20.3. The highest BCUT2D eigenvalue weighted by molar-refractivity contribution is 7.15. The molecule has 34 heavy (non-hydrogen) atoms. The first-order chi connectivity index (χ1) is 16.5. The number of methoxy groups -OCH3 is 1. The molecule has 11 heteroatoms. The molecule has 2 fully saturated rings. The lowest BCUT2D eigenvalue weighted by atomic mass is 9.96. The lowest BCUT2D eigenvalue weighted by Gasteiger charge is -2.38. The summed E-state index contributed by atoms with van der Waals surface area (Å²) in [4.78, 5) is 44.5. The van der Waals surface area contributed by atoms with Gasteiger partial charge in [-0.25, -0.2) is 0 Å². The van der Waals surface area contributed by atoms with Crippen molar-refractivity contribution in [3.63, 3.8) is 0 Å². The minimum Gasteiger partial charge on any atom is -0.497 e. The van der Waals surface area contributed by atoms with E-state index in [1.807, 2.05) is 4.90 Å². The third kappa shape index (κ3) is 5.53. The molecule has 3 amide bonds.